The van der Waals surface area contributed by atoms with Gasteiger partial charge in [-0.25, -0.2) is 5.43 Å². The minimum atomic E-state index is -1.00. The summed E-state index contributed by atoms with van der Waals surface area (Å²) in [6, 6.07) is 8.51. The molecule has 10 heteroatoms. The van der Waals surface area contributed by atoms with Gasteiger partial charge in [0.25, 0.3) is 11.8 Å². The third-order valence-corrected chi connectivity index (χ3v) is 7.95. The molecule has 1 saturated carbocycles. The Bertz CT molecular complexity index is 1340. The number of hydrazine groups is 1. The predicted molar refractivity (Wildman–Crippen MR) is 156 cm³/mol. The highest BCUT2D eigenvalue weighted by Crippen LogP contribution is 2.33. The first-order valence-electron chi connectivity index (χ1n) is 14.5. The van der Waals surface area contributed by atoms with Crippen LogP contribution in [-0.2, 0) is 30.3 Å². The summed E-state index contributed by atoms with van der Waals surface area (Å²) in [5, 5.41) is 5.09. The van der Waals surface area contributed by atoms with Gasteiger partial charge >= 0.3 is 5.97 Å². The summed E-state index contributed by atoms with van der Waals surface area (Å²) in [7, 11) is 0. The standard InChI is InChI=1S/C31H41N5O5/c1-5-23-14-13-21-12-11-20(18-25(21)34-23)15-16-31(3,4)30(40)41-26(22-8-6-9-22)28(38)33-19(2)29(39)36-17-7-10-24(35-36)27(32)37/h11-16,18-19,22,24,26,35H,5-10,17H2,1-4H3,(H2,32,37)(H,33,38)/b16-15+/t19?,24-,26?/m0/s1. The number of hydrogen-bond donors (Lipinski definition) is 3. The molecule has 3 amide bonds. The van der Waals surface area contributed by atoms with Crippen LogP contribution in [0.25, 0.3) is 17.0 Å². The number of esters is 1. The van der Waals surface area contributed by atoms with Crippen LogP contribution in [0.2, 0.25) is 0 Å². The van der Waals surface area contributed by atoms with Crippen LogP contribution in [0.4, 0.5) is 0 Å². The minimum Gasteiger partial charge on any atom is -0.451 e. The topological polar surface area (TPSA) is 144 Å². The fourth-order valence-corrected chi connectivity index (χ4v) is 4.96. The van der Waals surface area contributed by atoms with E-state index < -0.39 is 41.4 Å². The summed E-state index contributed by atoms with van der Waals surface area (Å²) in [5.74, 6) is -2.04. The molecule has 4 N–H and O–H groups in total. The summed E-state index contributed by atoms with van der Waals surface area (Å²) in [4.78, 5) is 55.8. The Kier molecular flexibility index (Phi) is 9.42. The number of carbonyl (C=O) groups is 4. The Balaban J connectivity index is 1.40. The second-order valence-corrected chi connectivity index (χ2v) is 11.6. The van der Waals surface area contributed by atoms with Crippen molar-refractivity contribution in [3.05, 3.63) is 47.7 Å². The molecule has 1 aromatic heterocycles. The number of aromatic nitrogens is 1. The van der Waals surface area contributed by atoms with E-state index >= 15 is 0 Å². The number of fused-ring (bicyclic) bond motifs is 1. The molecule has 3 atom stereocenters. The molecule has 2 fully saturated rings. The van der Waals surface area contributed by atoms with Crippen LogP contribution in [0.15, 0.2) is 36.4 Å². The summed E-state index contributed by atoms with van der Waals surface area (Å²) < 4.78 is 5.83. The van der Waals surface area contributed by atoms with Crippen molar-refractivity contribution < 1.29 is 23.9 Å². The van der Waals surface area contributed by atoms with E-state index in [-0.39, 0.29) is 11.8 Å². The van der Waals surface area contributed by atoms with Crippen LogP contribution < -0.4 is 16.5 Å². The van der Waals surface area contributed by atoms with Gasteiger partial charge in [-0.2, -0.15) is 0 Å². The van der Waals surface area contributed by atoms with E-state index in [9.17, 15) is 19.2 Å². The lowest BCUT2D eigenvalue weighted by atomic mass is 9.80. The van der Waals surface area contributed by atoms with Gasteiger partial charge in [0.1, 0.15) is 12.1 Å². The molecule has 1 aromatic carbocycles. The van der Waals surface area contributed by atoms with Crippen molar-refractivity contribution in [2.24, 2.45) is 17.1 Å². The van der Waals surface area contributed by atoms with Gasteiger partial charge in [0.05, 0.1) is 10.9 Å². The molecule has 1 saturated heterocycles. The molecule has 2 aromatic rings. The lowest BCUT2D eigenvalue weighted by Gasteiger charge is -2.36. The van der Waals surface area contributed by atoms with Gasteiger partial charge in [-0.15, -0.1) is 0 Å². The molecule has 220 valence electrons. The summed E-state index contributed by atoms with van der Waals surface area (Å²) in [6.45, 7) is 7.54. The number of nitrogens with zero attached hydrogens (tertiary/aromatic N) is 2. The number of rotatable bonds is 10. The normalized spacial score (nSPS) is 19.4. The SMILES string of the molecule is CCc1ccc2ccc(/C=C/C(C)(C)C(=O)OC(C(=O)NC(C)C(=O)N3CCC[C@@H](C(N)=O)N3)C3CCC3)cc2n1. The van der Waals surface area contributed by atoms with Crippen LogP contribution in [0, 0.1) is 11.3 Å². The fraction of sp³-hybridized carbons (Fsp3) is 0.516. The van der Waals surface area contributed by atoms with E-state index in [0.29, 0.717) is 19.4 Å². The molecule has 0 bridgehead atoms. The number of nitrogens with one attached hydrogen (secondary N) is 2. The molecule has 2 unspecified atom stereocenters. The van der Waals surface area contributed by atoms with Crippen LogP contribution in [0.5, 0.6) is 0 Å². The molecule has 10 nitrogen and oxygen atoms in total. The molecule has 1 aliphatic heterocycles. The van der Waals surface area contributed by atoms with Crippen molar-refractivity contribution in [3.63, 3.8) is 0 Å². The number of hydrogen-bond acceptors (Lipinski definition) is 7. The first-order valence-corrected chi connectivity index (χ1v) is 14.5. The second kappa shape index (κ2) is 12.8. The van der Waals surface area contributed by atoms with Gasteiger partial charge < -0.3 is 15.8 Å². The van der Waals surface area contributed by atoms with E-state index in [1.165, 1.54) is 5.01 Å². The molecule has 2 heterocycles. The average molecular weight is 564 g/mol. The number of ether oxygens (including phenoxy) is 1. The largest absolute Gasteiger partial charge is 0.451 e. The molecule has 0 spiro atoms. The Morgan fingerprint density at radius 3 is 2.56 bits per heavy atom. The number of amides is 3. The quantitative estimate of drug-likeness (QED) is 0.377. The number of primary amides is 1. The van der Waals surface area contributed by atoms with Gasteiger partial charge in [-0.05, 0) is 70.6 Å². The lowest BCUT2D eigenvalue weighted by Crippen LogP contribution is -2.61. The van der Waals surface area contributed by atoms with Crippen LogP contribution in [0.3, 0.4) is 0 Å². The van der Waals surface area contributed by atoms with Crippen molar-refractivity contribution in [1.29, 1.82) is 0 Å². The van der Waals surface area contributed by atoms with Crippen molar-refractivity contribution in [1.82, 2.24) is 20.7 Å². The molecule has 2 aliphatic rings. The molecule has 0 radical (unpaired) electrons. The monoisotopic (exact) mass is 563 g/mol. The molecule has 1 aliphatic carbocycles. The zero-order valence-electron chi connectivity index (χ0n) is 24.3. The maximum atomic E-state index is 13.3. The fourth-order valence-electron chi connectivity index (χ4n) is 4.96. The minimum absolute atomic E-state index is 0.104. The van der Waals surface area contributed by atoms with Crippen molar-refractivity contribution in [2.75, 3.05) is 6.54 Å². The van der Waals surface area contributed by atoms with Crippen LogP contribution >= 0.6 is 0 Å². The predicted octanol–water partition coefficient (Wildman–Crippen LogP) is 3.03. The van der Waals surface area contributed by atoms with E-state index in [0.717, 1.165) is 47.8 Å². The zero-order chi connectivity index (χ0) is 29.7. The van der Waals surface area contributed by atoms with Crippen molar-refractivity contribution >= 4 is 40.7 Å². The molecular weight excluding hydrogens is 522 g/mol. The maximum absolute atomic E-state index is 13.3. The Morgan fingerprint density at radius 1 is 1.17 bits per heavy atom. The van der Waals surface area contributed by atoms with E-state index in [1.807, 2.05) is 30.3 Å². The molecular formula is C31H41N5O5. The Labute approximate surface area is 241 Å². The van der Waals surface area contributed by atoms with Gasteiger partial charge in [0, 0.05) is 23.5 Å². The highest BCUT2D eigenvalue weighted by atomic mass is 16.5. The highest BCUT2D eigenvalue weighted by molar-refractivity contribution is 5.91. The summed E-state index contributed by atoms with van der Waals surface area (Å²) >= 11 is 0. The van der Waals surface area contributed by atoms with Gasteiger partial charge in [0.15, 0.2) is 6.10 Å². The van der Waals surface area contributed by atoms with E-state index in [2.05, 4.69) is 28.7 Å². The first-order chi connectivity index (χ1) is 19.5. The molecule has 4 rings (SSSR count). The van der Waals surface area contributed by atoms with Gasteiger partial charge in [-0.1, -0.05) is 43.7 Å². The van der Waals surface area contributed by atoms with Crippen LogP contribution in [-0.4, -0.2) is 58.4 Å². The van der Waals surface area contributed by atoms with E-state index in [1.54, 1.807) is 26.8 Å². The highest BCUT2D eigenvalue weighted by Gasteiger charge is 2.40. The van der Waals surface area contributed by atoms with Crippen LogP contribution in [0.1, 0.15) is 71.1 Å². The first kappa shape index (κ1) is 30.2. The smallest absolute Gasteiger partial charge is 0.316 e. The Morgan fingerprint density at radius 2 is 1.90 bits per heavy atom. The van der Waals surface area contributed by atoms with E-state index in [4.69, 9.17) is 10.5 Å². The average Bonchev–Trinajstić information content (AvgIpc) is 2.93. The third kappa shape index (κ3) is 7.30. The second-order valence-electron chi connectivity index (χ2n) is 11.6. The van der Waals surface area contributed by atoms with Gasteiger partial charge in [0.2, 0.25) is 5.91 Å². The zero-order valence-corrected chi connectivity index (χ0v) is 24.3. The number of pyridine rings is 1. The maximum Gasteiger partial charge on any atom is 0.316 e. The lowest BCUT2D eigenvalue weighted by molar-refractivity contribution is -0.168. The Hall–Kier alpha value is -3.79. The summed E-state index contributed by atoms with van der Waals surface area (Å²) in [5.41, 5.74) is 10.0. The molecule has 41 heavy (non-hydrogen) atoms. The number of carbonyl (C=O) groups excluding carboxylic acids is 4. The van der Waals surface area contributed by atoms with Gasteiger partial charge in [-0.3, -0.25) is 29.2 Å². The van der Waals surface area contributed by atoms with Crippen molar-refractivity contribution in [3.8, 4) is 0 Å². The third-order valence-electron chi connectivity index (χ3n) is 7.95. The summed E-state index contributed by atoms with van der Waals surface area (Å²) in [6.07, 6.45) is 7.14. The van der Waals surface area contributed by atoms with Crippen molar-refractivity contribution in [2.45, 2.75) is 84.4 Å². The number of nitrogens with two attached hydrogens (primary N) is 1. The number of benzene rings is 1. The number of aryl methyl sites for hydroxylation is 1.